The van der Waals surface area contributed by atoms with Gasteiger partial charge in [-0.15, -0.1) is 0 Å². The molecule has 3 heteroatoms. The van der Waals surface area contributed by atoms with Crippen LogP contribution in [-0.2, 0) is 4.79 Å². The van der Waals surface area contributed by atoms with Gasteiger partial charge in [-0.25, -0.2) is 0 Å². The van der Waals surface area contributed by atoms with Crippen molar-refractivity contribution in [1.82, 2.24) is 0 Å². The van der Waals surface area contributed by atoms with Crippen LogP contribution in [0.2, 0.25) is 5.02 Å². The summed E-state index contributed by atoms with van der Waals surface area (Å²) in [6.07, 6.45) is 5.30. The molecule has 0 spiro atoms. The fourth-order valence-corrected chi connectivity index (χ4v) is 3.00. The predicted octanol–water partition coefficient (Wildman–Crippen LogP) is 4.46. The molecule has 2 rings (SSSR count). The molecule has 1 aromatic carbocycles. The number of rotatable bonds is 3. The van der Waals surface area contributed by atoms with Gasteiger partial charge < -0.3 is 0 Å². The van der Waals surface area contributed by atoms with Gasteiger partial charge in [0.2, 0.25) is 0 Å². The second-order valence-electron chi connectivity index (χ2n) is 3.83. The van der Waals surface area contributed by atoms with Crippen LogP contribution in [0, 0.1) is 0 Å². The Bertz CT molecular complexity index is 408. The molecule has 0 bridgehead atoms. The van der Waals surface area contributed by atoms with Gasteiger partial charge in [0.15, 0.2) is 0 Å². The Morgan fingerprint density at radius 1 is 1.12 bits per heavy atom. The van der Waals surface area contributed by atoms with Gasteiger partial charge in [-0.2, -0.15) is 0 Å². The third-order valence-corrected chi connectivity index (χ3v) is 4.13. The fourth-order valence-electron chi connectivity index (χ4n) is 1.79. The molecule has 0 aliphatic heterocycles. The predicted molar refractivity (Wildman–Crippen MR) is 68.9 cm³/mol. The minimum absolute atomic E-state index is 0.748. The van der Waals surface area contributed by atoms with Crippen LogP contribution in [0.5, 0.6) is 0 Å². The van der Waals surface area contributed by atoms with Crippen LogP contribution in [0.4, 0.5) is 0 Å². The van der Waals surface area contributed by atoms with E-state index in [2.05, 4.69) is 0 Å². The maximum Gasteiger partial charge on any atom is 0.146 e. The van der Waals surface area contributed by atoms with Crippen LogP contribution in [0.3, 0.4) is 0 Å². The molecular formula is C13H13ClOS. The molecule has 0 atom stereocenters. The number of hydrogen-bond donors (Lipinski definition) is 0. The second kappa shape index (κ2) is 5.55. The van der Waals surface area contributed by atoms with E-state index in [0.717, 1.165) is 41.0 Å². The van der Waals surface area contributed by atoms with E-state index in [-0.39, 0.29) is 0 Å². The van der Waals surface area contributed by atoms with Crippen molar-refractivity contribution >= 4 is 29.6 Å². The van der Waals surface area contributed by atoms with E-state index in [1.165, 1.54) is 11.3 Å². The summed E-state index contributed by atoms with van der Waals surface area (Å²) in [5.41, 5.74) is 0.978. The van der Waals surface area contributed by atoms with E-state index in [1.54, 1.807) is 11.8 Å². The number of hydrogen-bond acceptors (Lipinski definition) is 2. The van der Waals surface area contributed by atoms with Crippen molar-refractivity contribution in [3.05, 3.63) is 39.8 Å². The van der Waals surface area contributed by atoms with Gasteiger partial charge in [0, 0.05) is 15.5 Å². The number of carbonyl (C=O) groups is 1. The summed E-state index contributed by atoms with van der Waals surface area (Å²) < 4.78 is 0. The Balaban J connectivity index is 2.16. The van der Waals surface area contributed by atoms with Crippen LogP contribution in [0.25, 0.3) is 0 Å². The van der Waals surface area contributed by atoms with Crippen molar-refractivity contribution < 1.29 is 4.79 Å². The van der Waals surface area contributed by atoms with Crippen LogP contribution in [0.15, 0.2) is 39.6 Å². The first kappa shape index (κ1) is 11.7. The van der Waals surface area contributed by atoms with Gasteiger partial charge in [-0.1, -0.05) is 23.4 Å². The lowest BCUT2D eigenvalue weighted by Gasteiger charge is -2.16. The van der Waals surface area contributed by atoms with Crippen LogP contribution in [-0.4, -0.2) is 6.29 Å². The zero-order valence-corrected chi connectivity index (χ0v) is 10.5. The van der Waals surface area contributed by atoms with E-state index in [1.807, 2.05) is 24.3 Å². The summed E-state index contributed by atoms with van der Waals surface area (Å²) in [5, 5.41) is 0.748. The Morgan fingerprint density at radius 3 is 2.50 bits per heavy atom. The second-order valence-corrected chi connectivity index (χ2v) is 5.43. The summed E-state index contributed by atoms with van der Waals surface area (Å²) in [4.78, 5) is 13.3. The summed E-state index contributed by atoms with van der Waals surface area (Å²) in [6, 6.07) is 7.76. The Hall–Kier alpha value is -0.730. The van der Waals surface area contributed by atoms with Crippen molar-refractivity contribution in [2.45, 2.75) is 30.6 Å². The summed E-state index contributed by atoms with van der Waals surface area (Å²) >= 11 is 7.53. The Kier molecular flexibility index (Phi) is 4.08. The highest BCUT2D eigenvalue weighted by atomic mass is 35.5. The van der Waals surface area contributed by atoms with Crippen molar-refractivity contribution in [1.29, 1.82) is 0 Å². The largest absolute Gasteiger partial charge is 0.298 e. The topological polar surface area (TPSA) is 17.1 Å². The first-order valence-electron chi connectivity index (χ1n) is 5.40. The molecule has 0 unspecified atom stereocenters. The molecule has 1 nitrogen and oxygen atoms in total. The van der Waals surface area contributed by atoms with Gasteiger partial charge in [0.05, 0.1) is 0 Å². The number of carbonyl (C=O) groups excluding carboxylic acids is 1. The van der Waals surface area contributed by atoms with E-state index in [9.17, 15) is 4.79 Å². The maximum atomic E-state index is 10.9. The lowest BCUT2D eigenvalue weighted by molar-refractivity contribution is -0.105. The average Bonchev–Trinajstić information content (AvgIpc) is 2.33. The van der Waals surface area contributed by atoms with Crippen LogP contribution >= 0.6 is 23.4 Å². The first-order valence-corrected chi connectivity index (χ1v) is 6.59. The molecule has 0 saturated heterocycles. The highest BCUT2D eigenvalue weighted by Gasteiger charge is 2.13. The monoisotopic (exact) mass is 252 g/mol. The van der Waals surface area contributed by atoms with Crippen molar-refractivity contribution in [3.63, 3.8) is 0 Å². The molecule has 0 fully saturated rings. The van der Waals surface area contributed by atoms with E-state index >= 15 is 0 Å². The molecule has 1 aliphatic rings. The number of allylic oxidation sites excluding steroid dienone is 2. The third-order valence-electron chi connectivity index (χ3n) is 2.66. The SMILES string of the molecule is O=CC1=C(Sc2ccc(Cl)cc2)CCCC1. The molecule has 0 heterocycles. The summed E-state index contributed by atoms with van der Waals surface area (Å²) in [5.74, 6) is 0. The minimum Gasteiger partial charge on any atom is -0.298 e. The Labute approximate surface area is 105 Å². The molecule has 1 aliphatic carbocycles. The molecule has 0 radical (unpaired) electrons. The number of aldehydes is 1. The molecule has 0 N–H and O–H groups in total. The van der Waals surface area contributed by atoms with Crippen LogP contribution in [0.1, 0.15) is 25.7 Å². The van der Waals surface area contributed by atoms with E-state index in [4.69, 9.17) is 11.6 Å². The normalized spacial score (nSPS) is 16.3. The molecule has 84 valence electrons. The quantitative estimate of drug-likeness (QED) is 0.739. The van der Waals surface area contributed by atoms with Gasteiger partial charge in [-0.3, -0.25) is 4.79 Å². The van der Waals surface area contributed by atoms with Crippen LogP contribution < -0.4 is 0 Å². The van der Waals surface area contributed by atoms with Gasteiger partial charge in [0.1, 0.15) is 6.29 Å². The molecule has 1 aromatic rings. The summed E-state index contributed by atoms with van der Waals surface area (Å²) in [7, 11) is 0. The summed E-state index contributed by atoms with van der Waals surface area (Å²) in [6.45, 7) is 0. The molecular weight excluding hydrogens is 240 g/mol. The standard InChI is InChI=1S/C13H13ClOS/c14-11-5-7-12(8-6-11)16-13-4-2-1-3-10(13)9-15/h5-9H,1-4H2. The lowest BCUT2D eigenvalue weighted by Crippen LogP contribution is -1.98. The molecule has 16 heavy (non-hydrogen) atoms. The zero-order chi connectivity index (χ0) is 11.4. The molecule has 0 aromatic heterocycles. The van der Waals surface area contributed by atoms with Gasteiger partial charge >= 0.3 is 0 Å². The molecule has 0 amide bonds. The minimum atomic E-state index is 0.748. The van der Waals surface area contributed by atoms with Crippen molar-refractivity contribution in [3.8, 4) is 0 Å². The Morgan fingerprint density at radius 2 is 1.81 bits per heavy atom. The highest BCUT2D eigenvalue weighted by molar-refractivity contribution is 8.03. The van der Waals surface area contributed by atoms with Gasteiger partial charge in [0.25, 0.3) is 0 Å². The van der Waals surface area contributed by atoms with E-state index < -0.39 is 0 Å². The smallest absolute Gasteiger partial charge is 0.146 e. The van der Waals surface area contributed by atoms with E-state index in [0.29, 0.717) is 0 Å². The maximum absolute atomic E-state index is 10.9. The van der Waals surface area contributed by atoms with Crippen molar-refractivity contribution in [2.75, 3.05) is 0 Å². The highest BCUT2D eigenvalue weighted by Crippen LogP contribution is 2.36. The van der Waals surface area contributed by atoms with Crippen molar-refractivity contribution in [2.24, 2.45) is 0 Å². The number of halogens is 1. The lowest BCUT2D eigenvalue weighted by atomic mass is 10.0. The third kappa shape index (κ3) is 2.89. The first-order chi connectivity index (χ1) is 7.79. The number of benzene rings is 1. The average molecular weight is 253 g/mol. The van der Waals surface area contributed by atoms with Gasteiger partial charge in [-0.05, 0) is 54.9 Å². The fraction of sp³-hybridized carbons (Fsp3) is 0.308. The number of thioether (sulfide) groups is 1. The molecule has 0 saturated carbocycles. The zero-order valence-electron chi connectivity index (χ0n) is 8.91.